The van der Waals surface area contributed by atoms with Gasteiger partial charge in [-0.15, -0.1) is 0 Å². The summed E-state index contributed by atoms with van der Waals surface area (Å²) in [5.74, 6) is -1.40. The van der Waals surface area contributed by atoms with Crippen LogP contribution in [0, 0.1) is 6.92 Å². The zero-order valence-corrected chi connectivity index (χ0v) is 16.4. The molecule has 0 aliphatic carbocycles. The second-order valence-electron chi connectivity index (χ2n) is 7.80. The van der Waals surface area contributed by atoms with Crippen LogP contribution in [0.3, 0.4) is 0 Å². The molecule has 28 heavy (non-hydrogen) atoms. The Balaban J connectivity index is 1.71. The molecular weight excluding hydrogens is 356 g/mol. The molecule has 0 radical (unpaired) electrons. The van der Waals surface area contributed by atoms with E-state index in [0.717, 1.165) is 17.2 Å². The van der Waals surface area contributed by atoms with Crippen molar-refractivity contribution in [3.8, 4) is 0 Å². The standard InChI is InChI=1S/C23H22O5/c1-14-5-10-20-17(11-14)18(24)12-21(28-20)22(26)27-13-19(25)15-6-8-16(9-7-15)23(2,3)4/h5-12H,13H2,1-4H3. The average Bonchev–Trinajstić information content (AvgIpc) is 2.65. The lowest BCUT2D eigenvalue weighted by Gasteiger charge is -2.18. The van der Waals surface area contributed by atoms with Gasteiger partial charge >= 0.3 is 5.97 Å². The van der Waals surface area contributed by atoms with Crippen LogP contribution in [0.25, 0.3) is 11.0 Å². The molecule has 0 spiro atoms. The lowest BCUT2D eigenvalue weighted by Crippen LogP contribution is -2.16. The van der Waals surface area contributed by atoms with E-state index >= 15 is 0 Å². The second kappa shape index (κ2) is 7.43. The SMILES string of the molecule is Cc1ccc2oc(C(=O)OCC(=O)c3ccc(C(C)(C)C)cc3)cc(=O)c2c1. The van der Waals surface area contributed by atoms with Gasteiger partial charge in [0.1, 0.15) is 5.58 Å². The predicted octanol–water partition coefficient (Wildman–Crippen LogP) is 4.44. The average molecular weight is 378 g/mol. The summed E-state index contributed by atoms with van der Waals surface area (Å²) in [5.41, 5.74) is 2.43. The van der Waals surface area contributed by atoms with Crippen molar-refractivity contribution >= 4 is 22.7 Å². The molecule has 3 aromatic rings. The zero-order valence-electron chi connectivity index (χ0n) is 16.4. The number of Topliss-reactive ketones (excluding diaryl/α,β-unsaturated/α-hetero) is 1. The van der Waals surface area contributed by atoms with E-state index in [0.29, 0.717) is 16.5 Å². The molecule has 3 rings (SSSR count). The Morgan fingerprint density at radius 1 is 1.00 bits per heavy atom. The highest BCUT2D eigenvalue weighted by Crippen LogP contribution is 2.22. The molecule has 0 fully saturated rings. The number of esters is 1. The van der Waals surface area contributed by atoms with Gasteiger partial charge in [-0.05, 0) is 30.0 Å². The largest absolute Gasteiger partial charge is 0.451 e. The number of carbonyl (C=O) groups excluding carboxylic acids is 2. The van der Waals surface area contributed by atoms with Gasteiger partial charge in [0.05, 0.1) is 5.39 Å². The number of hydrogen-bond donors (Lipinski definition) is 0. The monoisotopic (exact) mass is 378 g/mol. The van der Waals surface area contributed by atoms with Crippen LogP contribution >= 0.6 is 0 Å². The van der Waals surface area contributed by atoms with Crippen LogP contribution in [-0.4, -0.2) is 18.4 Å². The molecular formula is C23H22O5. The topological polar surface area (TPSA) is 73.6 Å². The highest BCUT2D eigenvalue weighted by Gasteiger charge is 2.18. The molecule has 1 heterocycles. The molecule has 1 aromatic heterocycles. The fourth-order valence-electron chi connectivity index (χ4n) is 2.81. The normalized spacial score (nSPS) is 11.4. The Morgan fingerprint density at radius 3 is 2.32 bits per heavy atom. The van der Waals surface area contributed by atoms with Gasteiger partial charge in [0.15, 0.2) is 17.8 Å². The Bertz CT molecular complexity index is 1100. The van der Waals surface area contributed by atoms with Crippen molar-refractivity contribution < 1.29 is 18.7 Å². The Kier molecular flexibility index (Phi) is 5.18. The van der Waals surface area contributed by atoms with Crippen LogP contribution < -0.4 is 5.43 Å². The van der Waals surface area contributed by atoms with E-state index in [-0.39, 0.29) is 22.4 Å². The molecule has 0 amide bonds. The summed E-state index contributed by atoms with van der Waals surface area (Å²) in [4.78, 5) is 36.7. The lowest BCUT2D eigenvalue weighted by atomic mass is 9.86. The molecule has 144 valence electrons. The van der Waals surface area contributed by atoms with Gasteiger partial charge < -0.3 is 9.15 Å². The maximum Gasteiger partial charge on any atom is 0.374 e. The van der Waals surface area contributed by atoms with Crippen molar-refractivity contribution in [2.24, 2.45) is 0 Å². The number of fused-ring (bicyclic) bond motifs is 1. The van der Waals surface area contributed by atoms with Crippen LogP contribution in [0.4, 0.5) is 0 Å². The van der Waals surface area contributed by atoms with Crippen LogP contribution in [0.5, 0.6) is 0 Å². The van der Waals surface area contributed by atoms with E-state index < -0.39 is 12.6 Å². The number of ether oxygens (including phenoxy) is 1. The van der Waals surface area contributed by atoms with E-state index in [9.17, 15) is 14.4 Å². The summed E-state index contributed by atoms with van der Waals surface area (Å²) < 4.78 is 10.5. The van der Waals surface area contributed by atoms with Crippen LogP contribution in [0.1, 0.15) is 52.8 Å². The number of aryl methyl sites for hydroxylation is 1. The molecule has 0 bridgehead atoms. The molecule has 0 saturated carbocycles. The number of hydrogen-bond acceptors (Lipinski definition) is 5. The van der Waals surface area contributed by atoms with E-state index in [1.165, 1.54) is 0 Å². The molecule has 5 heteroatoms. The van der Waals surface area contributed by atoms with Gasteiger partial charge in [0.25, 0.3) is 0 Å². The summed E-state index contributed by atoms with van der Waals surface area (Å²) in [6.07, 6.45) is 0. The first-order valence-corrected chi connectivity index (χ1v) is 9.00. The van der Waals surface area contributed by atoms with Crippen molar-refractivity contribution in [1.29, 1.82) is 0 Å². The molecule has 0 aliphatic rings. The summed E-state index contributed by atoms with van der Waals surface area (Å²) in [6, 6.07) is 13.4. The third-order valence-electron chi connectivity index (χ3n) is 4.49. The summed E-state index contributed by atoms with van der Waals surface area (Å²) >= 11 is 0. The maximum atomic E-state index is 12.3. The highest BCUT2D eigenvalue weighted by molar-refractivity contribution is 5.99. The quantitative estimate of drug-likeness (QED) is 0.496. The van der Waals surface area contributed by atoms with Gasteiger partial charge in [-0.1, -0.05) is 56.7 Å². The maximum absolute atomic E-state index is 12.3. The van der Waals surface area contributed by atoms with Gasteiger partial charge in [-0.3, -0.25) is 9.59 Å². The van der Waals surface area contributed by atoms with Crippen molar-refractivity contribution in [2.45, 2.75) is 33.1 Å². The molecule has 2 aromatic carbocycles. The molecule has 0 atom stereocenters. The van der Waals surface area contributed by atoms with Gasteiger partial charge in [-0.2, -0.15) is 0 Å². The Labute approximate surface area is 162 Å². The molecule has 0 aliphatic heterocycles. The number of carbonyl (C=O) groups is 2. The second-order valence-corrected chi connectivity index (χ2v) is 7.80. The molecule has 0 saturated heterocycles. The first-order valence-electron chi connectivity index (χ1n) is 9.00. The van der Waals surface area contributed by atoms with Crippen LogP contribution in [0.2, 0.25) is 0 Å². The minimum Gasteiger partial charge on any atom is -0.451 e. The number of rotatable bonds is 4. The minimum absolute atomic E-state index is 0.0137. The smallest absolute Gasteiger partial charge is 0.374 e. The van der Waals surface area contributed by atoms with Gasteiger partial charge in [0.2, 0.25) is 5.76 Å². The van der Waals surface area contributed by atoms with Crippen molar-refractivity contribution in [3.63, 3.8) is 0 Å². The third kappa shape index (κ3) is 4.19. The molecule has 0 unspecified atom stereocenters. The first-order chi connectivity index (χ1) is 13.1. The summed E-state index contributed by atoms with van der Waals surface area (Å²) in [7, 11) is 0. The minimum atomic E-state index is -0.848. The van der Waals surface area contributed by atoms with E-state index in [1.807, 2.05) is 19.1 Å². The van der Waals surface area contributed by atoms with Gasteiger partial charge in [0, 0.05) is 11.6 Å². The van der Waals surface area contributed by atoms with E-state index in [2.05, 4.69) is 20.8 Å². The van der Waals surface area contributed by atoms with Crippen LogP contribution in [-0.2, 0) is 10.2 Å². The van der Waals surface area contributed by atoms with E-state index in [4.69, 9.17) is 9.15 Å². The summed E-state index contributed by atoms with van der Waals surface area (Å²) in [5, 5.41) is 0.395. The van der Waals surface area contributed by atoms with Gasteiger partial charge in [-0.25, -0.2) is 4.79 Å². The van der Waals surface area contributed by atoms with E-state index in [1.54, 1.807) is 30.3 Å². The lowest BCUT2D eigenvalue weighted by molar-refractivity contribution is 0.0444. The summed E-state index contributed by atoms with van der Waals surface area (Å²) in [6.45, 7) is 7.70. The number of ketones is 1. The highest BCUT2D eigenvalue weighted by atomic mass is 16.5. The van der Waals surface area contributed by atoms with Crippen molar-refractivity contribution in [1.82, 2.24) is 0 Å². The number of benzene rings is 2. The Hall–Kier alpha value is -3.21. The molecule has 5 nitrogen and oxygen atoms in total. The fraction of sp³-hybridized carbons (Fsp3) is 0.261. The zero-order chi connectivity index (χ0) is 20.5. The third-order valence-corrected chi connectivity index (χ3v) is 4.49. The van der Waals surface area contributed by atoms with Crippen molar-refractivity contribution in [3.05, 3.63) is 81.2 Å². The molecule has 0 N–H and O–H groups in total. The predicted molar refractivity (Wildman–Crippen MR) is 107 cm³/mol. The fourth-order valence-corrected chi connectivity index (χ4v) is 2.81. The Morgan fingerprint density at radius 2 is 1.68 bits per heavy atom. The van der Waals surface area contributed by atoms with Crippen LogP contribution in [0.15, 0.2) is 57.7 Å². The first kappa shape index (κ1) is 19.5. The van der Waals surface area contributed by atoms with Crippen molar-refractivity contribution in [2.75, 3.05) is 6.61 Å².